The number of ketones is 1. The number of benzene rings is 3. The van der Waals surface area contributed by atoms with Gasteiger partial charge in [0.2, 0.25) is 21.8 Å². The fraction of sp³-hybridized carbons (Fsp3) is 0.364. The first-order chi connectivity index (χ1) is 20.5. The normalized spacial score (nSPS) is 14.5. The van der Waals surface area contributed by atoms with Crippen molar-refractivity contribution in [2.45, 2.75) is 64.1 Å². The number of anilines is 1. The third kappa shape index (κ3) is 8.91. The Bertz CT molecular complexity index is 1540. The highest BCUT2D eigenvalue weighted by molar-refractivity contribution is 7.92. The highest BCUT2D eigenvalue weighted by Gasteiger charge is 2.34. The Labute approximate surface area is 259 Å². The van der Waals surface area contributed by atoms with Crippen LogP contribution in [-0.2, 0) is 32.6 Å². The van der Waals surface area contributed by atoms with Gasteiger partial charge in [0.1, 0.15) is 12.6 Å². The van der Waals surface area contributed by atoms with Crippen molar-refractivity contribution in [2.75, 3.05) is 17.1 Å². The number of hydrogen-bond acceptors (Lipinski definition) is 5. The van der Waals surface area contributed by atoms with Crippen LogP contribution in [0, 0.1) is 0 Å². The van der Waals surface area contributed by atoms with Crippen LogP contribution in [0.4, 0.5) is 5.69 Å². The molecular formula is C33H38ClN3O5S. The molecule has 0 aliphatic heterocycles. The summed E-state index contributed by atoms with van der Waals surface area (Å²) in [4.78, 5) is 41.7. The summed E-state index contributed by atoms with van der Waals surface area (Å²) in [6, 6.07) is 21.7. The number of rotatable bonds is 12. The molecule has 3 aromatic rings. The minimum Gasteiger partial charge on any atom is -0.352 e. The van der Waals surface area contributed by atoms with E-state index < -0.39 is 28.5 Å². The molecule has 0 saturated heterocycles. The summed E-state index contributed by atoms with van der Waals surface area (Å²) in [5.74, 6) is -1.09. The molecule has 0 unspecified atom stereocenters. The number of carbonyl (C=O) groups is 3. The smallest absolute Gasteiger partial charge is 0.244 e. The van der Waals surface area contributed by atoms with Gasteiger partial charge < -0.3 is 10.2 Å². The highest BCUT2D eigenvalue weighted by Crippen LogP contribution is 2.24. The van der Waals surface area contributed by atoms with E-state index in [-0.39, 0.29) is 36.4 Å². The maximum atomic E-state index is 14.3. The van der Waals surface area contributed by atoms with Crippen LogP contribution in [-0.4, -0.2) is 55.8 Å². The zero-order valence-electron chi connectivity index (χ0n) is 24.5. The first kappa shape index (κ1) is 32.2. The SMILES string of the molecule is CC(=O)c1cccc(N(CC(=O)N(Cc2ccccc2Cl)[C@H](Cc2ccccc2)C(=O)NC2CCCCC2)S(C)(=O)=O)c1. The molecule has 1 aliphatic rings. The summed E-state index contributed by atoms with van der Waals surface area (Å²) >= 11 is 6.52. The largest absolute Gasteiger partial charge is 0.352 e. The molecule has 1 aliphatic carbocycles. The van der Waals surface area contributed by atoms with Crippen molar-refractivity contribution >= 4 is 44.9 Å². The average Bonchev–Trinajstić information content (AvgIpc) is 2.99. The van der Waals surface area contributed by atoms with Crippen molar-refractivity contribution in [1.29, 1.82) is 0 Å². The lowest BCUT2D eigenvalue weighted by Crippen LogP contribution is -2.55. The molecule has 0 spiro atoms. The minimum absolute atomic E-state index is 0.000812. The van der Waals surface area contributed by atoms with E-state index in [9.17, 15) is 22.8 Å². The number of nitrogens with one attached hydrogen (secondary N) is 1. The Morgan fingerprint density at radius 1 is 0.930 bits per heavy atom. The molecule has 2 amide bonds. The maximum absolute atomic E-state index is 14.3. The number of halogens is 1. The molecule has 43 heavy (non-hydrogen) atoms. The van der Waals surface area contributed by atoms with E-state index in [1.54, 1.807) is 36.4 Å². The Balaban J connectivity index is 1.74. The Morgan fingerprint density at radius 3 is 2.26 bits per heavy atom. The summed E-state index contributed by atoms with van der Waals surface area (Å²) < 4.78 is 27.0. The van der Waals surface area contributed by atoms with Gasteiger partial charge in [0.05, 0.1) is 11.9 Å². The molecule has 0 bridgehead atoms. The molecule has 1 fully saturated rings. The Morgan fingerprint density at radius 2 is 1.60 bits per heavy atom. The van der Waals surface area contributed by atoms with E-state index in [1.807, 2.05) is 30.3 Å². The van der Waals surface area contributed by atoms with Crippen molar-refractivity contribution in [3.63, 3.8) is 0 Å². The molecule has 10 heteroatoms. The zero-order valence-corrected chi connectivity index (χ0v) is 26.1. The molecule has 0 radical (unpaired) electrons. The van der Waals surface area contributed by atoms with Gasteiger partial charge in [-0.05, 0) is 49.1 Å². The number of sulfonamides is 1. The van der Waals surface area contributed by atoms with Gasteiger partial charge in [-0.25, -0.2) is 8.42 Å². The van der Waals surface area contributed by atoms with Crippen molar-refractivity contribution in [2.24, 2.45) is 0 Å². The predicted molar refractivity (Wildman–Crippen MR) is 170 cm³/mol. The standard InChI is InChI=1S/C33H38ClN3O5S/c1-24(38)26-15-11-18-29(21-26)37(43(2,41)42)23-32(39)36(22-27-14-9-10-19-30(27)34)31(20-25-12-5-3-6-13-25)33(40)35-28-16-7-4-8-17-28/h3,5-6,9-15,18-19,21,28,31H,4,7-8,16-17,20,22-23H2,1-2H3,(H,35,40)/t31-/m1/s1. The average molecular weight is 624 g/mol. The lowest BCUT2D eigenvalue weighted by atomic mass is 9.94. The molecular weight excluding hydrogens is 586 g/mol. The van der Waals surface area contributed by atoms with Crippen molar-refractivity contribution in [3.8, 4) is 0 Å². The number of Topliss-reactive ketones (excluding diaryl/α,β-unsaturated/α-hetero) is 1. The summed E-state index contributed by atoms with van der Waals surface area (Å²) in [6.45, 7) is 0.825. The van der Waals surface area contributed by atoms with Gasteiger partial charge in [-0.1, -0.05) is 91.5 Å². The van der Waals surface area contributed by atoms with Gasteiger partial charge in [-0.15, -0.1) is 0 Å². The van der Waals surface area contributed by atoms with E-state index >= 15 is 0 Å². The predicted octanol–water partition coefficient (Wildman–Crippen LogP) is 5.40. The number of amides is 2. The fourth-order valence-electron chi connectivity index (χ4n) is 5.40. The summed E-state index contributed by atoms with van der Waals surface area (Å²) in [5, 5.41) is 3.61. The molecule has 1 saturated carbocycles. The van der Waals surface area contributed by atoms with E-state index in [2.05, 4.69) is 5.32 Å². The molecule has 3 aromatic carbocycles. The molecule has 8 nitrogen and oxygen atoms in total. The van der Waals surface area contributed by atoms with Crippen LogP contribution in [0.1, 0.15) is 60.5 Å². The second-order valence-corrected chi connectivity index (χ2v) is 13.4. The Kier molecular flexibility index (Phi) is 11.0. The molecule has 1 atom stereocenters. The van der Waals surface area contributed by atoms with Crippen LogP contribution in [0.3, 0.4) is 0 Å². The summed E-state index contributed by atoms with van der Waals surface area (Å²) in [6.07, 6.45) is 6.17. The second-order valence-electron chi connectivity index (χ2n) is 11.0. The van der Waals surface area contributed by atoms with E-state index in [0.29, 0.717) is 16.1 Å². The topological polar surface area (TPSA) is 104 Å². The van der Waals surface area contributed by atoms with Gasteiger partial charge in [0.15, 0.2) is 5.78 Å². The van der Waals surface area contributed by atoms with Gasteiger partial charge in [0.25, 0.3) is 0 Å². The van der Waals surface area contributed by atoms with Crippen LogP contribution < -0.4 is 9.62 Å². The van der Waals surface area contributed by atoms with Crippen LogP contribution in [0.25, 0.3) is 0 Å². The van der Waals surface area contributed by atoms with Crippen LogP contribution in [0.2, 0.25) is 5.02 Å². The van der Waals surface area contributed by atoms with Crippen molar-refractivity contribution in [3.05, 3.63) is 101 Å². The van der Waals surface area contributed by atoms with E-state index in [1.165, 1.54) is 24.0 Å². The first-order valence-corrected chi connectivity index (χ1v) is 16.7. The highest BCUT2D eigenvalue weighted by atomic mass is 35.5. The van der Waals surface area contributed by atoms with Crippen LogP contribution in [0.15, 0.2) is 78.9 Å². The summed E-state index contributed by atoms with van der Waals surface area (Å²) in [5.41, 5.74) is 2.00. The second kappa shape index (κ2) is 14.7. The lowest BCUT2D eigenvalue weighted by molar-refractivity contribution is -0.140. The van der Waals surface area contributed by atoms with Gasteiger partial charge in [-0.3, -0.25) is 18.7 Å². The quantitative estimate of drug-likeness (QED) is 0.272. The maximum Gasteiger partial charge on any atom is 0.244 e. The molecule has 0 aromatic heterocycles. The van der Waals surface area contributed by atoms with Crippen molar-refractivity contribution in [1.82, 2.24) is 10.2 Å². The number of hydrogen-bond donors (Lipinski definition) is 1. The third-order valence-electron chi connectivity index (χ3n) is 7.74. The first-order valence-electron chi connectivity index (χ1n) is 14.5. The van der Waals surface area contributed by atoms with Gasteiger partial charge in [-0.2, -0.15) is 0 Å². The molecule has 0 heterocycles. The Hall–Kier alpha value is -3.69. The molecule has 1 N–H and O–H groups in total. The zero-order chi connectivity index (χ0) is 31.0. The minimum atomic E-state index is -3.95. The van der Waals surface area contributed by atoms with Gasteiger partial charge >= 0.3 is 0 Å². The fourth-order valence-corrected chi connectivity index (χ4v) is 6.44. The monoisotopic (exact) mass is 623 g/mol. The van der Waals surface area contributed by atoms with E-state index in [0.717, 1.165) is 48.2 Å². The van der Waals surface area contributed by atoms with E-state index in [4.69, 9.17) is 11.6 Å². The van der Waals surface area contributed by atoms with Crippen LogP contribution in [0.5, 0.6) is 0 Å². The van der Waals surface area contributed by atoms with Crippen molar-refractivity contribution < 1.29 is 22.8 Å². The third-order valence-corrected chi connectivity index (χ3v) is 9.25. The molecule has 228 valence electrons. The molecule has 4 rings (SSSR count). The number of carbonyl (C=O) groups excluding carboxylic acids is 3. The van der Waals surface area contributed by atoms with Crippen LogP contribution >= 0.6 is 11.6 Å². The van der Waals surface area contributed by atoms with Gasteiger partial charge in [0, 0.05) is 29.6 Å². The summed E-state index contributed by atoms with van der Waals surface area (Å²) in [7, 11) is -3.95. The lowest BCUT2D eigenvalue weighted by Gasteiger charge is -2.35. The number of nitrogens with zero attached hydrogens (tertiary/aromatic N) is 2.